The molecule has 0 fully saturated rings. The number of methoxy groups -OCH3 is 8. The number of aromatic nitrogens is 2. The van der Waals surface area contributed by atoms with Gasteiger partial charge in [0, 0.05) is 47.8 Å². The lowest BCUT2D eigenvalue weighted by molar-refractivity contribution is 0.401. The first kappa shape index (κ1) is 41.5. The summed E-state index contributed by atoms with van der Waals surface area (Å²) in [6.45, 7) is 0. The molecule has 10 heteroatoms. The van der Waals surface area contributed by atoms with Crippen LogP contribution in [0.1, 0.15) is 44.5 Å². The van der Waals surface area contributed by atoms with Gasteiger partial charge in [-0.2, -0.15) is 0 Å². The zero-order valence-corrected chi connectivity index (χ0v) is 34.4. The molecule has 4 aromatic carbocycles. The van der Waals surface area contributed by atoms with E-state index >= 15 is 0 Å². The Bertz CT molecular complexity index is 2580. The molecule has 0 N–H and O–H groups in total. The molecule has 0 aliphatic carbocycles. The summed E-state index contributed by atoms with van der Waals surface area (Å²) in [6, 6.07) is 25.6. The first-order valence-corrected chi connectivity index (χ1v) is 18.3. The Hall–Kier alpha value is -8.18. The number of pyridine rings is 2. The minimum Gasteiger partial charge on any atom is -0.497 e. The second-order valence-electron chi connectivity index (χ2n) is 12.5. The highest BCUT2D eigenvalue weighted by Gasteiger charge is 2.12. The third-order valence-corrected chi connectivity index (χ3v) is 8.99. The molecule has 0 saturated carbocycles. The van der Waals surface area contributed by atoms with Crippen molar-refractivity contribution in [2.24, 2.45) is 0 Å². The molecule has 6 rings (SSSR count). The molecule has 0 atom stereocenters. The lowest BCUT2D eigenvalue weighted by Gasteiger charge is -2.09. The van der Waals surface area contributed by atoms with Crippen molar-refractivity contribution in [1.29, 1.82) is 0 Å². The van der Waals surface area contributed by atoms with Crippen molar-refractivity contribution in [2.75, 3.05) is 56.9 Å². The molecule has 0 bridgehead atoms. The predicted molar refractivity (Wildman–Crippen MR) is 230 cm³/mol. The van der Waals surface area contributed by atoms with Crippen molar-refractivity contribution in [3.8, 4) is 105 Å². The zero-order chi connectivity index (χ0) is 42.4. The van der Waals surface area contributed by atoms with Gasteiger partial charge in [0.1, 0.15) is 46.0 Å². The van der Waals surface area contributed by atoms with Gasteiger partial charge in [0.05, 0.1) is 102 Å². The quantitative estimate of drug-likeness (QED) is 0.135. The lowest BCUT2D eigenvalue weighted by atomic mass is 10.1. The second-order valence-corrected chi connectivity index (χ2v) is 12.5. The highest BCUT2D eigenvalue weighted by molar-refractivity contribution is 5.64. The van der Waals surface area contributed by atoms with Crippen molar-refractivity contribution in [1.82, 2.24) is 9.97 Å². The first-order chi connectivity index (χ1) is 29.3. The fourth-order valence-electron chi connectivity index (χ4n) is 5.80. The Morgan fingerprint density at radius 1 is 0.300 bits per heavy atom. The van der Waals surface area contributed by atoms with Crippen molar-refractivity contribution >= 4 is 0 Å². The Labute approximate surface area is 350 Å². The van der Waals surface area contributed by atoms with Crippen molar-refractivity contribution in [3.63, 3.8) is 0 Å². The molecular weight excluding hydrogens is 757 g/mol. The summed E-state index contributed by atoms with van der Waals surface area (Å²) in [5.41, 5.74) is 6.65. The van der Waals surface area contributed by atoms with Crippen molar-refractivity contribution < 1.29 is 37.9 Å². The molecule has 0 unspecified atom stereocenters. The van der Waals surface area contributed by atoms with E-state index < -0.39 is 0 Å². The zero-order valence-electron chi connectivity index (χ0n) is 34.4. The third-order valence-electron chi connectivity index (χ3n) is 8.99. The fraction of sp³-hybridized carbons (Fsp3) is 0.160. The van der Waals surface area contributed by atoms with Crippen LogP contribution < -0.4 is 37.9 Å². The Kier molecular flexibility index (Phi) is 13.7. The maximum absolute atomic E-state index is 5.67. The lowest BCUT2D eigenvalue weighted by Crippen LogP contribution is -1.95. The topological polar surface area (TPSA) is 99.6 Å². The van der Waals surface area contributed by atoms with Crippen LogP contribution in [0, 0.1) is 47.4 Å². The summed E-state index contributed by atoms with van der Waals surface area (Å²) in [7, 11) is 12.7. The van der Waals surface area contributed by atoms with Gasteiger partial charge in [0.2, 0.25) is 0 Å². The normalized spacial score (nSPS) is 9.80. The largest absolute Gasteiger partial charge is 0.497 e. The molecule has 298 valence electrons. The van der Waals surface area contributed by atoms with Gasteiger partial charge in [0.25, 0.3) is 0 Å². The molecule has 6 aromatic rings. The van der Waals surface area contributed by atoms with Crippen LogP contribution >= 0.6 is 0 Å². The van der Waals surface area contributed by atoms with Crippen molar-refractivity contribution in [3.05, 3.63) is 142 Å². The number of hydrogen-bond acceptors (Lipinski definition) is 10. The summed E-state index contributed by atoms with van der Waals surface area (Å²) >= 11 is 0. The minimum atomic E-state index is 0.548. The monoisotopic (exact) mass is 796 g/mol. The van der Waals surface area contributed by atoms with Gasteiger partial charge in [-0.15, -0.1) is 0 Å². The number of nitrogens with zero attached hydrogens (tertiary/aromatic N) is 2. The van der Waals surface area contributed by atoms with E-state index in [0.29, 0.717) is 102 Å². The third kappa shape index (κ3) is 9.85. The van der Waals surface area contributed by atoms with Gasteiger partial charge in [-0.3, -0.25) is 9.97 Å². The van der Waals surface area contributed by atoms with Crippen LogP contribution in [-0.2, 0) is 0 Å². The molecule has 2 aromatic heterocycles. The van der Waals surface area contributed by atoms with Crippen LogP contribution in [0.15, 0.2) is 97.3 Å². The molecule has 0 aliphatic heterocycles. The van der Waals surface area contributed by atoms with Crippen LogP contribution in [0.3, 0.4) is 0 Å². The minimum absolute atomic E-state index is 0.548. The summed E-state index contributed by atoms with van der Waals surface area (Å²) in [5.74, 6) is 30.1. The van der Waals surface area contributed by atoms with E-state index in [1.807, 2.05) is 60.7 Å². The fourth-order valence-corrected chi connectivity index (χ4v) is 5.80. The van der Waals surface area contributed by atoms with Gasteiger partial charge in [-0.25, -0.2) is 0 Å². The van der Waals surface area contributed by atoms with Crippen LogP contribution in [0.25, 0.3) is 11.4 Å². The van der Waals surface area contributed by atoms with Gasteiger partial charge < -0.3 is 37.9 Å². The van der Waals surface area contributed by atoms with E-state index in [4.69, 9.17) is 37.9 Å². The maximum atomic E-state index is 5.67. The molecule has 60 heavy (non-hydrogen) atoms. The van der Waals surface area contributed by atoms with E-state index in [0.717, 1.165) is 0 Å². The second kappa shape index (κ2) is 19.8. The van der Waals surface area contributed by atoms with E-state index in [1.165, 1.54) is 0 Å². The average Bonchev–Trinajstić information content (AvgIpc) is 3.31. The highest BCUT2D eigenvalue weighted by atomic mass is 16.5. The Morgan fingerprint density at radius 3 is 0.867 bits per heavy atom. The maximum Gasteiger partial charge on any atom is 0.136 e. The van der Waals surface area contributed by atoms with Crippen LogP contribution in [-0.4, -0.2) is 66.8 Å². The summed E-state index contributed by atoms with van der Waals surface area (Å²) < 4.78 is 44.3. The van der Waals surface area contributed by atoms with E-state index in [9.17, 15) is 0 Å². The van der Waals surface area contributed by atoms with E-state index in [2.05, 4.69) is 57.3 Å². The Morgan fingerprint density at radius 2 is 0.600 bits per heavy atom. The summed E-state index contributed by atoms with van der Waals surface area (Å²) in [6.07, 6.45) is 3.40. The summed E-state index contributed by atoms with van der Waals surface area (Å²) in [4.78, 5) is 9.22. The molecule has 0 amide bonds. The standard InChI is InChI=1S/C50H40N2O8/c1-53-41-19-23-45(55-3)35(25-41)15-17-39-29-47(57-5)37(27-49(39)59-7)13-9-33-11-21-43(51-31-33)44-22-12-34(32-52-44)10-14-38-28-50(60-8)40(30-48(38)58-6)18-16-36-26-42(54-2)20-24-46(36)56-4/h11-12,19-32H,1-8H3. The number of ether oxygens (including phenoxy) is 8. The predicted octanol–water partition coefficient (Wildman–Crippen LogP) is 7.81. The van der Waals surface area contributed by atoms with Gasteiger partial charge in [0.15, 0.2) is 0 Å². The molecule has 0 spiro atoms. The number of benzene rings is 4. The molecule has 0 saturated heterocycles. The average molecular weight is 797 g/mol. The van der Waals surface area contributed by atoms with Crippen molar-refractivity contribution in [2.45, 2.75) is 0 Å². The molecule has 2 heterocycles. The van der Waals surface area contributed by atoms with E-state index in [1.54, 1.807) is 93.5 Å². The number of rotatable bonds is 9. The molecule has 0 radical (unpaired) electrons. The van der Waals surface area contributed by atoms with Crippen LogP contribution in [0.5, 0.6) is 46.0 Å². The SMILES string of the molecule is COc1ccc(OC)c(C#Cc2cc(OC)c(C#Cc3ccc(-c4ccc(C#Cc5cc(OC)c(C#Cc6cc(OC)ccc6OC)cc5OC)cn4)nc3)cc2OC)c1. The smallest absolute Gasteiger partial charge is 0.136 e. The first-order valence-electron chi connectivity index (χ1n) is 18.3. The Balaban J connectivity index is 1.17. The highest BCUT2D eigenvalue weighted by Crippen LogP contribution is 2.31. The molecule has 10 nitrogen and oxygen atoms in total. The van der Waals surface area contributed by atoms with E-state index in [-0.39, 0.29) is 0 Å². The number of hydrogen-bond donors (Lipinski definition) is 0. The molecule has 0 aliphatic rings. The van der Waals surface area contributed by atoms with Crippen LogP contribution in [0.2, 0.25) is 0 Å². The van der Waals surface area contributed by atoms with Gasteiger partial charge >= 0.3 is 0 Å². The summed E-state index contributed by atoms with van der Waals surface area (Å²) in [5, 5.41) is 0. The molecular formula is C50H40N2O8. The van der Waals surface area contributed by atoms with Gasteiger partial charge in [-0.1, -0.05) is 47.4 Å². The van der Waals surface area contributed by atoms with Crippen LogP contribution in [0.4, 0.5) is 0 Å². The van der Waals surface area contributed by atoms with Gasteiger partial charge in [-0.05, 0) is 60.7 Å².